The number of carbonyl (C=O) groups excluding carboxylic acids is 2. The number of sulfone groups is 1. The minimum absolute atomic E-state index is 0.0759. The summed E-state index contributed by atoms with van der Waals surface area (Å²) in [6.07, 6.45) is 9.53. The van der Waals surface area contributed by atoms with Crippen LogP contribution in [0.5, 0.6) is 0 Å². The average molecular weight is 559 g/mol. The van der Waals surface area contributed by atoms with Crippen molar-refractivity contribution >= 4 is 39.2 Å². The van der Waals surface area contributed by atoms with Crippen LogP contribution in [-0.4, -0.2) is 82.9 Å². The summed E-state index contributed by atoms with van der Waals surface area (Å²) >= 11 is 0. The van der Waals surface area contributed by atoms with E-state index in [0.29, 0.717) is 48.9 Å². The van der Waals surface area contributed by atoms with Crippen molar-refractivity contribution in [3.63, 3.8) is 0 Å². The molecule has 1 N–H and O–H groups in total. The van der Waals surface area contributed by atoms with Gasteiger partial charge in [0, 0.05) is 56.5 Å². The summed E-state index contributed by atoms with van der Waals surface area (Å²) in [5.74, 6) is 0.438. The standard InChI is InChI=1S/C29H30N6O4S/c1-21(29(37)34-18-16-33(17-19-34)26(36)13-8-22-6-4-3-5-7-22)31-28-27(32-25-20-30-14-15-35(25)28)23-9-11-24(12-10-23)40(2,38)39/h3-15,20-21,31H,16-19H2,1-2H3. The number of hydrogen-bond acceptors (Lipinski definition) is 7. The number of rotatable bonds is 7. The largest absolute Gasteiger partial charge is 0.358 e. The molecule has 3 heterocycles. The molecule has 1 atom stereocenters. The molecular weight excluding hydrogens is 528 g/mol. The molecule has 1 aliphatic rings. The molecule has 2 aromatic heterocycles. The molecule has 0 radical (unpaired) electrons. The lowest BCUT2D eigenvalue weighted by Gasteiger charge is -2.35. The van der Waals surface area contributed by atoms with Crippen molar-refractivity contribution in [1.29, 1.82) is 0 Å². The normalized spacial score (nSPS) is 14.9. The fourth-order valence-electron chi connectivity index (χ4n) is 4.63. The van der Waals surface area contributed by atoms with Gasteiger partial charge in [0.15, 0.2) is 15.5 Å². The van der Waals surface area contributed by atoms with Gasteiger partial charge in [0.25, 0.3) is 0 Å². The summed E-state index contributed by atoms with van der Waals surface area (Å²) in [7, 11) is -3.33. The van der Waals surface area contributed by atoms with Gasteiger partial charge in [-0.05, 0) is 30.7 Å². The van der Waals surface area contributed by atoms with Crippen LogP contribution in [0.2, 0.25) is 0 Å². The maximum Gasteiger partial charge on any atom is 0.246 e. The highest BCUT2D eigenvalue weighted by Gasteiger charge is 2.28. The molecule has 1 aliphatic heterocycles. The minimum Gasteiger partial charge on any atom is -0.358 e. The summed E-state index contributed by atoms with van der Waals surface area (Å²) in [5.41, 5.74) is 2.82. The Morgan fingerprint density at radius 2 is 1.65 bits per heavy atom. The Kier molecular flexibility index (Phi) is 7.65. The minimum atomic E-state index is -3.33. The van der Waals surface area contributed by atoms with Crippen molar-refractivity contribution in [1.82, 2.24) is 24.2 Å². The average Bonchev–Trinajstić information content (AvgIpc) is 3.34. The lowest BCUT2D eigenvalue weighted by molar-refractivity contribution is -0.137. The number of anilines is 1. The maximum absolute atomic E-state index is 13.4. The molecule has 1 saturated heterocycles. The predicted molar refractivity (Wildman–Crippen MR) is 153 cm³/mol. The number of fused-ring (bicyclic) bond motifs is 1. The van der Waals surface area contributed by atoms with Gasteiger partial charge in [0.05, 0.1) is 11.1 Å². The maximum atomic E-state index is 13.4. The third kappa shape index (κ3) is 5.89. The number of imidazole rings is 1. The van der Waals surface area contributed by atoms with Gasteiger partial charge in [-0.1, -0.05) is 42.5 Å². The van der Waals surface area contributed by atoms with Gasteiger partial charge >= 0.3 is 0 Å². The van der Waals surface area contributed by atoms with Crippen molar-refractivity contribution in [3.8, 4) is 11.3 Å². The molecule has 206 valence electrons. The smallest absolute Gasteiger partial charge is 0.246 e. The zero-order valence-electron chi connectivity index (χ0n) is 22.3. The Balaban J connectivity index is 1.28. The predicted octanol–water partition coefficient (Wildman–Crippen LogP) is 2.98. The van der Waals surface area contributed by atoms with Crippen molar-refractivity contribution in [2.45, 2.75) is 17.9 Å². The van der Waals surface area contributed by atoms with Crippen molar-refractivity contribution in [2.75, 3.05) is 37.8 Å². The van der Waals surface area contributed by atoms with E-state index in [1.54, 1.807) is 71.7 Å². The van der Waals surface area contributed by atoms with Crippen LogP contribution in [0.3, 0.4) is 0 Å². The summed E-state index contributed by atoms with van der Waals surface area (Å²) in [5, 5.41) is 3.32. The Morgan fingerprint density at radius 3 is 2.33 bits per heavy atom. The lowest BCUT2D eigenvalue weighted by Crippen LogP contribution is -2.53. The molecule has 0 aliphatic carbocycles. The molecule has 11 heteroatoms. The number of aromatic nitrogens is 3. The Hall–Kier alpha value is -4.51. The Bertz CT molecular complexity index is 1660. The van der Waals surface area contributed by atoms with Crippen molar-refractivity contribution in [2.24, 2.45) is 0 Å². The number of amides is 2. The number of carbonyl (C=O) groups is 2. The Labute approximate surface area is 232 Å². The quantitative estimate of drug-likeness (QED) is 0.347. The van der Waals surface area contributed by atoms with E-state index in [2.05, 4.69) is 15.3 Å². The first-order valence-electron chi connectivity index (χ1n) is 12.9. The number of benzene rings is 2. The van der Waals surface area contributed by atoms with Crippen LogP contribution in [0.15, 0.2) is 84.2 Å². The first-order valence-corrected chi connectivity index (χ1v) is 14.8. The third-order valence-electron chi connectivity index (χ3n) is 6.83. The van der Waals surface area contributed by atoms with Crippen LogP contribution >= 0.6 is 0 Å². The van der Waals surface area contributed by atoms with E-state index in [4.69, 9.17) is 0 Å². The molecule has 5 rings (SSSR count). The molecular formula is C29H30N6O4S. The van der Waals surface area contributed by atoms with Gasteiger partial charge in [-0.2, -0.15) is 0 Å². The monoisotopic (exact) mass is 558 g/mol. The molecule has 0 bridgehead atoms. The third-order valence-corrected chi connectivity index (χ3v) is 7.96. The van der Waals surface area contributed by atoms with Gasteiger partial charge in [0.1, 0.15) is 17.6 Å². The van der Waals surface area contributed by atoms with Gasteiger partial charge in [-0.3, -0.25) is 19.0 Å². The highest BCUT2D eigenvalue weighted by Crippen LogP contribution is 2.30. The highest BCUT2D eigenvalue weighted by molar-refractivity contribution is 7.90. The summed E-state index contributed by atoms with van der Waals surface area (Å²) in [6.45, 7) is 3.57. The molecule has 0 spiro atoms. The first kappa shape index (κ1) is 27.1. The van der Waals surface area contributed by atoms with E-state index in [0.717, 1.165) is 11.8 Å². The van der Waals surface area contributed by atoms with Gasteiger partial charge < -0.3 is 15.1 Å². The van der Waals surface area contributed by atoms with E-state index in [9.17, 15) is 18.0 Å². The zero-order valence-corrected chi connectivity index (χ0v) is 23.1. The summed E-state index contributed by atoms with van der Waals surface area (Å²) < 4.78 is 25.6. The number of nitrogens with zero attached hydrogens (tertiary/aromatic N) is 5. The number of hydrogen-bond donors (Lipinski definition) is 1. The second-order valence-corrected chi connectivity index (χ2v) is 11.7. The number of piperazine rings is 1. The Morgan fingerprint density at radius 1 is 0.975 bits per heavy atom. The van der Waals surface area contributed by atoms with E-state index in [1.807, 2.05) is 34.7 Å². The van der Waals surface area contributed by atoms with Crippen LogP contribution in [-0.2, 0) is 19.4 Å². The number of nitrogens with one attached hydrogen (secondary N) is 1. The van der Waals surface area contributed by atoms with E-state index in [1.165, 1.54) is 0 Å². The van der Waals surface area contributed by atoms with Gasteiger partial charge in [-0.25, -0.2) is 13.4 Å². The second-order valence-electron chi connectivity index (χ2n) is 9.67. The van der Waals surface area contributed by atoms with Crippen LogP contribution < -0.4 is 5.32 Å². The lowest BCUT2D eigenvalue weighted by atomic mass is 10.1. The van der Waals surface area contributed by atoms with Crippen molar-refractivity contribution in [3.05, 3.63) is 84.8 Å². The molecule has 1 unspecified atom stereocenters. The van der Waals surface area contributed by atoms with Crippen LogP contribution in [0.4, 0.5) is 5.82 Å². The van der Waals surface area contributed by atoms with Gasteiger partial charge in [0.2, 0.25) is 11.8 Å². The first-order chi connectivity index (χ1) is 19.2. The molecule has 4 aromatic rings. The molecule has 1 fully saturated rings. The summed E-state index contributed by atoms with van der Waals surface area (Å²) in [6, 6.07) is 15.5. The molecule has 2 amide bonds. The topological polar surface area (TPSA) is 117 Å². The van der Waals surface area contributed by atoms with Crippen molar-refractivity contribution < 1.29 is 18.0 Å². The molecule has 10 nitrogen and oxygen atoms in total. The van der Waals surface area contributed by atoms with E-state index < -0.39 is 15.9 Å². The van der Waals surface area contributed by atoms with Crippen LogP contribution in [0.1, 0.15) is 12.5 Å². The fourth-order valence-corrected chi connectivity index (χ4v) is 5.26. The van der Waals surface area contributed by atoms with E-state index >= 15 is 0 Å². The van der Waals surface area contributed by atoms with E-state index in [-0.39, 0.29) is 16.7 Å². The van der Waals surface area contributed by atoms with Crippen LogP contribution in [0, 0.1) is 0 Å². The zero-order chi connectivity index (χ0) is 28.3. The fraction of sp³-hybridized carbons (Fsp3) is 0.241. The summed E-state index contributed by atoms with van der Waals surface area (Å²) in [4.78, 5) is 38.6. The molecule has 0 saturated carbocycles. The van der Waals surface area contributed by atoms with Gasteiger partial charge in [-0.15, -0.1) is 0 Å². The second kappa shape index (κ2) is 11.3. The molecule has 40 heavy (non-hydrogen) atoms. The SMILES string of the molecule is CC(Nc1c(-c2ccc(S(C)(=O)=O)cc2)nc2cnccn12)C(=O)N1CCN(C(=O)C=Cc2ccccc2)CC1. The molecule has 2 aromatic carbocycles. The highest BCUT2D eigenvalue weighted by atomic mass is 32.2. The van der Waals surface area contributed by atoms with Crippen LogP contribution in [0.25, 0.3) is 23.0 Å².